The van der Waals surface area contributed by atoms with E-state index < -0.39 is 11.8 Å². The Morgan fingerprint density at radius 2 is 1.96 bits per heavy atom. The molecule has 5 heteroatoms. The molecule has 1 aliphatic carbocycles. The molecule has 1 spiro atoms. The van der Waals surface area contributed by atoms with Gasteiger partial charge in [-0.2, -0.15) is 0 Å². The van der Waals surface area contributed by atoms with Crippen LogP contribution in [0, 0.1) is 12.8 Å². The van der Waals surface area contributed by atoms with Crippen LogP contribution in [0.4, 0.5) is 0 Å². The summed E-state index contributed by atoms with van der Waals surface area (Å²) in [7, 11) is 0. The van der Waals surface area contributed by atoms with E-state index >= 15 is 0 Å². The fraction of sp³-hybridized carbons (Fsp3) is 0.619. The second kappa shape index (κ2) is 7.39. The highest BCUT2D eigenvalue weighted by atomic mass is 16.5. The van der Waals surface area contributed by atoms with Crippen molar-refractivity contribution in [2.24, 2.45) is 5.92 Å². The lowest BCUT2D eigenvalue weighted by Crippen LogP contribution is -2.57. The molecule has 1 aliphatic heterocycles. The summed E-state index contributed by atoms with van der Waals surface area (Å²) in [4.78, 5) is 27.9. The molecule has 1 aromatic rings. The largest absolute Gasteiger partial charge is 0.353 e. The van der Waals surface area contributed by atoms with E-state index in [0.717, 1.165) is 31.2 Å². The van der Waals surface area contributed by atoms with Crippen LogP contribution >= 0.6 is 0 Å². The Hall–Kier alpha value is -1.88. The second-order valence-electron chi connectivity index (χ2n) is 8.16. The van der Waals surface area contributed by atoms with E-state index in [1.165, 1.54) is 0 Å². The van der Waals surface area contributed by atoms with Crippen molar-refractivity contribution in [2.75, 3.05) is 6.61 Å². The normalized spacial score (nSPS) is 28.6. The number of amides is 2. The number of nitrogens with zero attached hydrogens (tertiary/aromatic N) is 1. The molecule has 1 N–H and O–H groups in total. The molecule has 1 heterocycles. The first-order valence-electron chi connectivity index (χ1n) is 9.67. The van der Waals surface area contributed by atoms with Gasteiger partial charge in [-0.25, -0.2) is 0 Å². The van der Waals surface area contributed by atoms with Crippen molar-refractivity contribution in [3.8, 4) is 0 Å². The number of benzene rings is 1. The molecule has 0 bridgehead atoms. The Morgan fingerprint density at radius 1 is 1.27 bits per heavy atom. The van der Waals surface area contributed by atoms with Crippen LogP contribution in [0.15, 0.2) is 24.3 Å². The molecule has 26 heavy (non-hydrogen) atoms. The molecule has 142 valence electrons. The first-order valence-corrected chi connectivity index (χ1v) is 9.67. The summed E-state index contributed by atoms with van der Waals surface area (Å²) in [6, 6.07) is 7.03. The Balaban J connectivity index is 1.94. The number of hydrogen-bond acceptors (Lipinski definition) is 3. The highest BCUT2D eigenvalue weighted by molar-refractivity contribution is 5.98. The predicted octanol–water partition coefficient (Wildman–Crippen LogP) is 3.27. The molecule has 0 aromatic heterocycles. The van der Waals surface area contributed by atoms with Crippen LogP contribution < -0.4 is 5.32 Å². The van der Waals surface area contributed by atoms with Crippen molar-refractivity contribution in [1.29, 1.82) is 0 Å². The quantitative estimate of drug-likeness (QED) is 0.902. The van der Waals surface area contributed by atoms with E-state index in [1.54, 1.807) is 4.90 Å². The van der Waals surface area contributed by atoms with Gasteiger partial charge in [-0.05, 0) is 64.5 Å². The topological polar surface area (TPSA) is 58.6 Å². The smallest absolute Gasteiger partial charge is 0.256 e. The minimum Gasteiger partial charge on any atom is -0.353 e. The van der Waals surface area contributed by atoms with Crippen molar-refractivity contribution in [3.05, 3.63) is 35.4 Å². The monoisotopic (exact) mass is 358 g/mol. The van der Waals surface area contributed by atoms with Crippen molar-refractivity contribution >= 4 is 11.8 Å². The minimum absolute atomic E-state index is 0.0290. The maximum atomic E-state index is 13.4. The van der Waals surface area contributed by atoms with Crippen molar-refractivity contribution in [1.82, 2.24) is 10.2 Å². The van der Waals surface area contributed by atoms with E-state index in [2.05, 4.69) is 12.2 Å². The van der Waals surface area contributed by atoms with Crippen LogP contribution in [0.5, 0.6) is 0 Å². The van der Waals surface area contributed by atoms with Crippen LogP contribution in [0.1, 0.15) is 62.4 Å². The fourth-order valence-electron chi connectivity index (χ4n) is 4.08. The lowest BCUT2D eigenvalue weighted by molar-refractivity contribution is -0.128. The molecular formula is C21H30N2O3. The zero-order valence-corrected chi connectivity index (χ0v) is 16.2. The van der Waals surface area contributed by atoms with Crippen molar-refractivity contribution in [3.63, 3.8) is 0 Å². The first-order chi connectivity index (χ1) is 12.3. The Labute approximate surface area is 156 Å². The highest BCUT2D eigenvalue weighted by Gasteiger charge is 2.53. The van der Waals surface area contributed by atoms with Gasteiger partial charge in [0.25, 0.3) is 5.91 Å². The maximum Gasteiger partial charge on any atom is 0.256 e. The number of aryl methyl sites for hydroxylation is 1. The predicted molar refractivity (Wildman–Crippen MR) is 101 cm³/mol. The molecule has 2 amide bonds. The average molecular weight is 358 g/mol. The van der Waals surface area contributed by atoms with Crippen LogP contribution in [0.2, 0.25) is 0 Å². The standard InChI is InChI=1S/C21H30N2O3/c1-14(2)22-19(24)18-13-26-21(10-8-15(3)9-11-21)23(18)20(25)17-7-5-6-16(4)12-17/h5-7,12,14-15,18H,8-11,13H2,1-4H3,(H,22,24)/t15?,18-,21?/m1/s1. The third-order valence-corrected chi connectivity index (χ3v) is 5.53. The van der Waals surface area contributed by atoms with E-state index in [1.807, 2.05) is 45.0 Å². The zero-order chi connectivity index (χ0) is 18.9. The van der Waals surface area contributed by atoms with E-state index in [-0.39, 0.29) is 24.5 Å². The van der Waals surface area contributed by atoms with Crippen molar-refractivity contribution in [2.45, 2.75) is 71.2 Å². The number of ether oxygens (including phenoxy) is 1. The van der Waals surface area contributed by atoms with Gasteiger partial charge in [-0.1, -0.05) is 24.6 Å². The molecular weight excluding hydrogens is 328 g/mol. The highest BCUT2D eigenvalue weighted by Crippen LogP contribution is 2.43. The van der Waals surface area contributed by atoms with Crippen molar-refractivity contribution < 1.29 is 14.3 Å². The van der Waals surface area contributed by atoms with E-state index in [9.17, 15) is 9.59 Å². The van der Waals surface area contributed by atoms with Gasteiger partial charge in [0.1, 0.15) is 11.8 Å². The van der Waals surface area contributed by atoms with Gasteiger partial charge < -0.3 is 10.1 Å². The summed E-state index contributed by atoms with van der Waals surface area (Å²) < 4.78 is 6.17. The number of carbonyl (C=O) groups excluding carboxylic acids is 2. The molecule has 1 saturated carbocycles. The van der Waals surface area contributed by atoms with Gasteiger partial charge in [0.15, 0.2) is 0 Å². The Kier molecular flexibility index (Phi) is 5.37. The lowest BCUT2D eigenvalue weighted by Gasteiger charge is -2.43. The Bertz CT molecular complexity index is 678. The summed E-state index contributed by atoms with van der Waals surface area (Å²) in [5.41, 5.74) is 1.01. The van der Waals surface area contributed by atoms with Gasteiger partial charge in [0, 0.05) is 11.6 Å². The first kappa shape index (κ1) is 18.9. The molecule has 1 aromatic carbocycles. The van der Waals surface area contributed by atoms with Gasteiger partial charge in [-0.15, -0.1) is 0 Å². The number of nitrogens with one attached hydrogen (secondary N) is 1. The summed E-state index contributed by atoms with van der Waals surface area (Å²) >= 11 is 0. The summed E-state index contributed by atoms with van der Waals surface area (Å²) in [6.07, 6.45) is 3.60. The molecule has 0 radical (unpaired) electrons. The molecule has 5 nitrogen and oxygen atoms in total. The fourth-order valence-corrected chi connectivity index (χ4v) is 4.08. The minimum atomic E-state index is -0.647. The molecule has 1 saturated heterocycles. The average Bonchev–Trinajstić information content (AvgIpc) is 2.95. The molecule has 3 rings (SSSR count). The van der Waals surface area contributed by atoms with Crippen LogP contribution in [0.3, 0.4) is 0 Å². The SMILES string of the molecule is Cc1cccc(C(=O)N2[C@@H](C(=O)NC(C)C)COC23CCC(C)CC3)c1. The van der Waals surface area contributed by atoms with Crippen LogP contribution in [0.25, 0.3) is 0 Å². The molecule has 2 fully saturated rings. The van der Waals surface area contributed by atoms with E-state index in [0.29, 0.717) is 11.5 Å². The Morgan fingerprint density at radius 3 is 2.58 bits per heavy atom. The van der Waals surface area contributed by atoms with E-state index in [4.69, 9.17) is 4.74 Å². The third kappa shape index (κ3) is 3.63. The maximum absolute atomic E-state index is 13.4. The third-order valence-electron chi connectivity index (χ3n) is 5.53. The van der Waals surface area contributed by atoms with Gasteiger partial charge in [0.2, 0.25) is 5.91 Å². The summed E-state index contributed by atoms with van der Waals surface area (Å²) in [5.74, 6) is 0.393. The number of carbonyl (C=O) groups is 2. The van der Waals surface area contributed by atoms with Crippen LogP contribution in [-0.2, 0) is 9.53 Å². The summed E-state index contributed by atoms with van der Waals surface area (Å²) in [5, 5.41) is 2.95. The molecule has 0 unspecified atom stereocenters. The molecule has 1 atom stereocenters. The molecule has 2 aliphatic rings. The number of hydrogen-bond donors (Lipinski definition) is 1. The van der Waals surface area contributed by atoms with Crippen LogP contribution in [-0.4, -0.2) is 41.1 Å². The second-order valence-corrected chi connectivity index (χ2v) is 8.16. The van der Waals surface area contributed by atoms with Gasteiger partial charge >= 0.3 is 0 Å². The zero-order valence-electron chi connectivity index (χ0n) is 16.2. The number of rotatable bonds is 3. The van der Waals surface area contributed by atoms with Gasteiger partial charge in [0.05, 0.1) is 6.61 Å². The lowest BCUT2D eigenvalue weighted by atomic mass is 9.83. The van der Waals surface area contributed by atoms with Gasteiger partial charge in [-0.3, -0.25) is 14.5 Å². The summed E-state index contributed by atoms with van der Waals surface area (Å²) in [6.45, 7) is 8.33.